The molecule has 102 valence electrons. The topological polar surface area (TPSA) is 64.1 Å². The van der Waals surface area contributed by atoms with E-state index in [0.29, 0.717) is 4.68 Å². The molecular weight excluding hydrogens is 259 g/mol. The number of aromatic nitrogens is 2. The number of rotatable bonds is 2. The zero-order chi connectivity index (χ0) is 14.2. The third kappa shape index (κ3) is 2.28. The summed E-state index contributed by atoms with van der Waals surface area (Å²) in [6.07, 6.45) is -4.60. The number of halogens is 3. The van der Waals surface area contributed by atoms with Gasteiger partial charge in [-0.3, -0.25) is 0 Å². The van der Waals surface area contributed by atoms with Crippen LogP contribution in [0.15, 0.2) is 24.3 Å². The van der Waals surface area contributed by atoms with Gasteiger partial charge in [0.25, 0.3) is 0 Å². The Labute approximate surface area is 107 Å². The standard InChI is InChI=1S/C12H12F3N3O/c1-7-8(6-16)11(12(13,14)15)18(17-7)9-4-2-3-5-10(9)19/h2-5,19H,6,16H2,1H3. The summed E-state index contributed by atoms with van der Waals surface area (Å²) in [6.45, 7) is 1.18. The summed E-state index contributed by atoms with van der Waals surface area (Å²) in [5.41, 5.74) is 4.50. The number of aromatic hydroxyl groups is 1. The van der Waals surface area contributed by atoms with Crippen LogP contribution in [0.1, 0.15) is 17.0 Å². The zero-order valence-electron chi connectivity index (χ0n) is 10.1. The van der Waals surface area contributed by atoms with Crippen molar-refractivity contribution >= 4 is 0 Å². The molecule has 2 aromatic rings. The van der Waals surface area contributed by atoms with E-state index in [0.717, 1.165) is 0 Å². The number of benzene rings is 1. The number of alkyl halides is 3. The van der Waals surface area contributed by atoms with Gasteiger partial charge in [0.2, 0.25) is 0 Å². The van der Waals surface area contributed by atoms with Crippen LogP contribution in [-0.4, -0.2) is 14.9 Å². The van der Waals surface area contributed by atoms with Crippen molar-refractivity contribution in [2.24, 2.45) is 5.73 Å². The highest BCUT2D eigenvalue weighted by Crippen LogP contribution is 2.36. The third-order valence-corrected chi connectivity index (χ3v) is 2.77. The van der Waals surface area contributed by atoms with Crippen LogP contribution < -0.4 is 5.73 Å². The molecule has 0 saturated carbocycles. The Morgan fingerprint density at radius 2 is 1.95 bits per heavy atom. The van der Waals surface area contributed by atoms with Gasteiger partial charge in [-0.15, -0.1) is 0 Å². The molecule has 0 unspecified atom stereocenters. The first kappa shape index (κ1) is 13.4. The lowest BCUT2D eigenvalue weighted by molar-refractivity contribution is -0.143. The molecule has 0 aliphatic carbocycles. The van der Waals surface area contributed by atoms with Gasteiger partial charge in [0.05, 0.1) is 5.69 Å². The maximum absolute atomic E-state index is 13.1. The second-order valence-corrected chi connectivity index (χ2v) is 4.01. The molecule has 19 heavy (non-hydrogen) atoms. The van der Waals surface area contributed by atoms with Crippen molar-refractivity contribution in [2.75, 3.05) is 0 Å². The van der Waals surface area contributed by atoms with Crippen molar-refractivity contribution in [2.45, 2.75) is 19.6 Å². The maximum Gasteiger partial charge on any atom is 0.433 e. The van der Waals surface area contributed by atoms with Crippen molar-refractivity contribution in [3.8, 4) is 11.4 Å². The maximum atomic E-state index is 13.1. The highest BCUT2D eigenvalue weighted by molar-refractivity contribution is 5.48. The van der Waals surface area contributed by atoms with E-state index in [1.54, 1.807) is 0 Å². The molecule has 0 spiro atoms. The molecule has 1 heterocycles. The first-order valence-electron chi connectivity index (χ1n) is 5.50. The number of hydrogen-bond acceptors (Lipinski definition) is 3. The molecule has 4 nitrogen and oxygen atoms in total. The third-order valence-electron chi connectivity index (χ3n) is 2.77. The average Bonchev–Trinajstić information content (AvgIpc) is 2.66. The molecule has 3 N–H and O–H groups in total. The molecule has 0 fully saturated rings. The van der Waals surface area contributed by atoms with E-state index in [1.807, 2.05) is 0 Å². The lowest BCUT2D eigenvalue weighted by atomic mass is 10.2. The number of nitrogens with zero attached hydrogens (tertiary/aromatic N) is 2. The van der Waals surface area contributed by atoms with Crippen LogP contribution in [0, 0.1) is 6.92 Å². The number of para-hydroxylation sites is 2. The first-order chi connectivity index (χ1) is 8.86. The normalized spacial score (nSPS) is 11.8. The van der Waals surface area contributed by atoms with Gasteiger partial charge in [-0.05, 0) is 19.1 Å². The molecule has 0 saturated heterocycles. The van der Waals surface area contributed by atoms with Crippen LogP contribution in [0.4, 0.5) is 13.2 Å². The molecule has 0 aliphatic heterocycles. The fourth-order valence-electron chi connectivity index (χ4n) is 1.91. The molecular formula is C12H12F3N3O. The van der Waals surface area contributed by atoms with E-state index < -0.39 is 11.9 Å². The average molecular weight is 271 g/mol. The number of phenolic OH excluding ortho intramolecular Hbond substituents is 1. The summed E-state index contributed by atoms with van der Waals surface area (Å²) in [5, 5.41) is 13.5. The summed E-state index contributed by atoms with van der Waals surface area (Å²) >= 11 is 0. The van der Waals surface area contributed by atoms with Gasteiger partial charge in [0.15, 0.2) is 5.69 Å². The van der Waals surface area contributed by atoms with Crippen LogP contribution in [-0.2, 0) is 12.7 Å². The van der Waals surface area contributed by atoms with Gasteiger partial charge in [-0.25, -0.2) is 4.68 Å². The predicted molar refractivity (Wildman–Crippen MR) is 62.9 cm³/mol. The highest BCUT2D eigenvalue weighted by Gasteiger charge is 2.39. The quantitative estimate of drug-likeness (QED) is 0.881. The van der Waals surface area contributed by atoms with Gasteiger partial charge in [0, 0.05) is 12.1 Å². The van der Waals surface area contributed by atoms with Crippen molar-refractivity contribution in [1.29, 1.82) is 0 Å². The number of nitrogens with two attached hydrogens (primary N) is 1. The van der Waals surface area contributed by atoms with Gasteiger partial charge < -0.3 is 10.8 Å². The monoisotopic (exact) mass is 271 g/mol. The van der Waals surface area contributed by atoms with Gasteiger partial charge in [0.1, 0.15) is 11.4 Å². The van der Waals surface area contributed by atoms with E-state index >= 15 is 0 Å². The highest BCUT2D eigenvalue weighted by atomic mass is 19.4. The first-order valence-corrected chi connectivity index (χ1v) is 5.50. The number of phenols is 1. The Bertz CT molecular complexity index is 605. The molecule has 2 rings (SSSR count). The Morgan fingerprint density at radius 1 is 1.32 bits per heavy atom. The minimum absolute atomic E-state index is 0.0300. The van der Waals surface area contributed by atoms with E-state index in [-0.39, 0.29) is 29.2 Å². The Hall–Kier alpha value is -2.02. The number of hydrogen-bond donors (Lipinski definition) is 2. The minimum Gasteiger partial charge on any atom is -0.506 e. The van der Waals surface area contributed by atoms with Crippen LogP contribution in [0.5, 0.6) is 5.75 Å². The molecule has 0 bridgehead atoms. The van der Waals surface area contributed by atoms with E-state index in [1.165, 1.54) is 31.2 Å². The fraction of sp³-hybridized carbons (Fsp3) is 0.250. The van der Waals surface area contributed by atoms with Crippen molar-refractivity contribution in [3.63, 3.8) is 0 Å². The van der Waals surface area contributed by atoms with Crippen LogP contribution in [0.25, 0.3) is 5.69 Å². The molecule has 0 atom stereocenters. The van der Waals surface area contributed by atoms with Crippen molar-refractivity contribution < 1.29 is 18.3 Å². The summed E-state index contributed by atoms with van der Waals surface area (Å²) in [5.74, 6) is -0.279. The van der Waals surface area contributed by atoms with E-state index in [9.17, 15) is 18.3 Å². The van der Waals surface area contributed by atoms with Crippen LogP contribution >= 0.6 is 0 Å². The summed E-state index contributed by atoms with van der Waals surface area (Å²) in [6, 6.07) is 5.70. The Balaban J connectivity index is 2.75. The van der Waals surface area contributed by atoms with E-state index in [4.69, 9.17) is 5.73 Å². The molecule has 7 heteroatoms. The summed E-state index contributed by atoms with van der Waals surface area (Å²) in [7, 11) is 0. The Kier molecular flexibility index (Phi) is 3.23. The van der Waals surface area contributed by atoms with Crippen LogP contribution in [0.3, 0.4) is 0 Å². The summed E-state index contributed by atoms with van der Waals surface area (Å²) < 4.78 is 40.1. The second-order valence-electron chi connectivity index (χ2n) is 4.01. The van der Waals surface area contributed by atoms with E-state index in [2.05, 4.69) is 5.10 Å². The van der Waals surface area contributed by atoms with Gasteiger partial charge >= 0.3 is 6.18 Å². The largest absolute Gasteiger partial charge is 0.506 e. The second kappa shape index (κ2) is 4.58. The van der Waals surface area contributed by atoms with Gasteiger partial charge in [-0.1, -0.05) is 12.1 Å². The molecule has 0 amide bonds. The van der Waals surface area contributed by atoms with Crippen molar-refractivity contribution in [1.82, 2.24) is 9.78 Å². The fourth-order valence-corrected chi connectivity index (χ4v) is 1.91. The molecule has 0 aliphatic rings. The Morgan fingerprint density at radius 3 is 2.47 bits per heavy atom. The SMILES string of the molecule is Cc1nn(-c2ccccc2O)c(C(F)(F)F)c1CN. The number of aryl methyl sites for hydroxylation is 1. The molecule has 1 aromatic heterocycles. The molecule has 1 aromatic carbocycles. The van der Waals surface area contributed by atoms with Gasteiger partial charge in [-0.2, -0.15) is 18.3 Å². The zero-order valence-corrected chi connectivity index (χ0v) is 10.1. The van der Waals surface area contributed by atoms with Crippen molar-refractivity contribution in [3.05, 3.63) is 41.2 Å². The molecule has 0 radical (unpaired) electrons. The predicted octanol–water partition coefficient (Wildman–Crippen LogP) is 2.36. The van der Waals surface area contributed by atoms with Crippen LogP contribution in [0.2, 0.25) is 0 Å². The smallest absolute Gasteiger partial charge is 0.433 e. The minimum atomic E-state index is -4.60. The lowest BCUT2D eigenvalue weighted by Crippen LogP contribution is -2.16. The lowest BCUT2D eigenvalue weighted by Gasteiger charge is -2.13. The summed E-state index contributed by atoms with van der Waals surface area (Å²) in [4.78, 5) is 0.